The molecule has 206 valence electrons. The van der Waals surface area contributed by atoms with E-state index < -0.39 is 47.1 Å². The van der Waals surface area contributed by atoms with E-state index in [9.17, 15) is 19.2 Å². The number of halogens is 1. The summed E-state index contributed by atoms with van der Waals surface area (Å²) < 4.78 is 5.06. The van der Waals surface area contributed by atoms with Crippen molar-refractivity contribution in [3.05, 3.63) is 94.6 Å². The van der Waals surface area contributed by atoms with Crippen molar-refractivity contribution in [2.75, 3.05) is 16.8 Å². The molecule has 2 fully saturated rings. The first-order chi connectivity index (χ1) is 19.8. The van der Waals surface area contributed by atoms with Crippen LogP contribution in [0.15, 0.2) is 72.9 Å². The maximum atomic E-state index is 14.2. The summed E-state index contributed by atoms with van der Waals surface area (Å²) >= 11 is 6.46. The molecule has 4 unspecified atom stereocenters. The molecule has 2 saturated heterocycles. The highest BCUT2D eigenvalue weighted by Crippen LogP contribution is 2.55. The van der Waals surface area contributed by atoms with Crippen molar-refractivity contribution in [2.24, 2.45) is 11.8 Å². The molecule has 9 nitrogen and oxygen atoms in total. The number of aromatic nitrogens is 1. The Morgan fingerprint density at radius 2 is 1.78 bits per heavy atom. The van der Waals surface area contributed by atoms with Gasteiger partial charge in [-0.15, -0.1) is 0 Å². The Kier molecular flexibility index (Phi) is 5.78. The molecule has 10 heteroatoms. The molecule has 7 rings (SSSR count). The van der Waals surface area contributed by atoms with Gasteiger partial charge < -0.3 is 15.0 Å². The van der Waals surface area contributed by atoms with Gasteiger partial charge in [-0.25, -0.2) is 9.69 Å². The third-order valence-corrected chi connectivity index (χ3v) is 8.77. The van der Waals surface area contributed by atoms with Gasteiger partial charge in [0.1, 0.15) is 5.54 Å². The van der Waals surface area contributed by atoms with E-state index >= 15 is 0 Å². The van der Waals surface area contributed by atoms with Gasteiger partial charge in [0.25, 0.3) is 0 Å². The summed E-state index contributed by atoms with van der Waals surface area (Å²) in [6.07, 6.45) is 2.31. The predicted octanol–water partition coefficient (Wildman–Crippen LogP) is 4.17. The Labute approximate surface area is 239 Å². The number of rotatable bonds is 5. The van der Waals surface area contributed by atoms with Crippen molar-refractivity contribution in [1.29, 1.82) is 0 Å². The first-order valence-corrected chi connectivity index (χ1v) is 13.8. The van der Waals surface area contributed by atoms with E-state index in [1.54, 1.807) is 37.3 Å². The number of imide groups is 1. The van der Waals surface area contributed by atoms with Gasteiger partial charge in [0.2, 0.25) is 17.7 Å². The van der Waals surface area contributed by atoms with Crippen molar-refractivity contribution in [1.82, 2.24) is 10.3 Å². The number of aromatic amines is 1. The number of para-hydroxylation sites is 2. The zero-order valence-corrected chi connectivity index (χ0v) is 22.7. The third kappa shape index (κ3) is 3.59. The second-order valence-electron chi connectivity index (χ2n) is 10.5. The summed E-state index contributed by atoms with van der Waals surface area (Å²) in [6.45, 7) is 1.95. The van der Waals surface area contributed by atoms with Crippen LogP contribution in [0.25, 0.3) is 10.9 Å². The summed E-state index contributed by atoms with van der Waals surface area (Å²) in [5, 5.41) is 7.69. The number of carbonyl (C=O) groups is 4. The molecule has 3 amide bonds. The minimum absolute atomic E-state index is 0.230. The molecule has 3 aliphatic rings. The van der Waals surface area contributed by atoms with Crippen LogP contribution in [-0.4, -0.2) is 41.3 Å². The molecular weight excluding hydrogens is 544 g/mol. The smallest absolute Gasteiger partial charge is 0.338 e. The molecule has 41 heavy (non-hydrogen) atoms. The number of hydrogen-bond donors (Lipinski definition) is 3. The van der Waals surface area contributed by atoms with E-state index in [2.05, 4.69) is 15.6 Å². The van der Waals surface area contributed by atoms with Crippen LogP contribution < -0.4 is 15.5 Å². The number of nitrogens with one attached hydrogen (secondary N) is 3. The minimum Gasteiger partial charge on any atom is -0.462 e. The highest BCUT2D eigenvalue weighted by molar-refractivity contribution is 6.35. The van der Waals surface area contributed by atoms with Gasteiger partial charge in [-0.05, 0) is 55.3 Å². The number of carbonyl (C=O) groups excluding carboxylic acids is 4. The molecule has 4 aromatic rings. The average Bonchev–Trinajstić information content (AvgIpc) is 3.68. The largest absolute Gasteiger partial charge is 0.462 e. The van der Waals surface area contributed by atoms with Gasteiger partial charge in [-0.2, -0.15) is 0 Å². The number of fused-ring (bicyclic) bond motifs is 5. The number of esters is 1. The maximum Gasteiger partial charge on any atom is 0.338 e. The molecule has 3 N–H and O–H groups in total. The molecule has 4 atom stereocenters. The number of benzene rings is 3. The van der Waals surface area contributed by atoms with Gasteiger partial charge in [0.15, 0.2) is 0 Å². The Hall–Kier alpha value is -4.47. The van der Waals surface area contributed by atoms with E-state index in [0.717, 1.165) is 21.4 Å². The quantitative estimate of drug-likeness (QED) is 0.245. The van der Waals surface area contributed by atoms with Gasteiger partial charge >= 0.3 is 5.97 Å². The molecule has 0 saturated carbocycles. The van der Waals surface area contributed by atoms with Crippen LogP contribution in [0.3, 0.4) is 0 Å². The van der Waals surface area contributed by atoms with Crippen molar-refractivity contribution in [2.45, 2.75) is 24.9 Å². The van der Waals surface area contributed by atoms with Crippen molar-refractivity contribution >= 4 is 57.6 Å². The van der Waals surface area contributed by atoms with Crippen LogP contribution >= 0.6 is 11.6 Å². The zero-order chi connectivity index (χ0) is 28.5. The lowest BCUT2D eigenvalue weighted by Gasteiger charge is -2.29. The van der Waals surface area contributed by atoms with Crippen molar-refractivity contribution in [3.63, 3.8) is 0 Å². The van der Waals surface area contributed by atoms with E-state index in [0.29, 0.717) is 33.9 Å². The summed E-state index contributed by atoms with van der Waals surface area (Å²) in [5.41, 5.74) is 2.07. The summed E-state index contributed by atoms with van der Waals surface area (Å²) in [6, 6.07) is 18.7. The standard InChI is InChI=1S/C31H25ClN4O5/c1-2-41-29(39)16-10-12-18(13-11-16)36-27(37)24-23(14-17-15-33-22-9-4-3-6-19(17)22)35-31(25(24)28(36)38)20-7-5-8-21(32)26(20)34-30(31)40/h3-13,15,23-25,33,35H,2,14H2,1H3,(H,34,40). The Morgan fingerprint density at radius 1 is 1.00 bits per heavy atom. The molecule has 0 bridgehead atoms. The predicted molar refractivity (Wildman–Crippen MR) is 153 cm³/mol. The number of hydrogen-bond acceptors (Lipinski definition) is 6. The van der Waals surface area contributed by atoms with Gasteiger partial charge in [-0.1, -0.05) is 41.9 Å². The van der Waals surface area contributed by atoms with Crippen LogP contribution in [0, 0.1) is 11.8 Å². The molecule has 3 aromatic carbocycles. The van der Waals surface area contributed by atoms with Crippen LogP contribution in [-0.2, 0) is 31.1 Å². The molecule has 0 aliphatic carbocycles. The maximum absolute atomic E-state index is 14.2. The second kappa shape index (κ2) is 9.29. The lowest BCUT2D eigenvalue weighted by molar-refractivity contribution is -0.130. The van der Waals surface area contributed by atoms with Crippen molar-refractivity contribution < 1.29 is 23.9 Å². The first-order valence-electron chi connectivity index (χ1n) is 13.4. The van der Waals surface area contributed by atoms with Crippen molar-refractivity contribution in [3.8, 4) is 0 Å². The number of anilines is 2. The fourth-order valence-corrected chi connectivity index (χ4v) is 6.94. The fourth-order valence-electron chi connectivity index (χ4n) is 6.72. The lowest BCUT2D eigenvalue weighted by atomic mass is 9.76. The summed E-state index contributed by atoms with van der Waals surface area (Å²) in [5.74, 6) is -3.63. The summed E-state index contributed by atoms with van der Waals surface area (Å²) in [4.78, 5) is 58.8. The fraction of sp³-hybridized carbons (Fsp3) is 0.226. The monoisotopic (exact) mass is 568 g/mol. The third-order valence-electron chi connectivity index (χ3n) is 8.45. The zero-order valence-electron chi connectivity index (χ0n) is 21.9. The number of H-pyrrole nitrogens is 1. The average molecular weight is 569 g/mol. The highest BCUT2D eigenvalue weighted by Gasteiger charge is 2.70. The number of ether oxygens (including phenoxy) is 1. The molecular formula is C31H25ClN4O5. The van der Waals surface area contributed by atoms with Gasteiger partial charge in [0.05, 0.1) is 40.4 Å². The van der Waals surface area contributed by atoms with Crippen LogP contribution in [0.4, 0.5) is 11.4 Å². The molecule has 4 heterocycles. The van der Waals surface area contributed by atoms with E-state index in [1.165, 1.54) is 12.1 Å². The Balaban J connectivity index is 1.33. The molecule has 1 spiro atoms. The molecule has 0 radical (unpaired) electrons. The molecule has 1 aromatic heterocycles. The molecule has 3 aliphatic heterocycles. The van der Waals surface area contributed by atoms with Gasteiger partial charge in [0, 0.05) is 28.7 Å². The van der Waals surface area contributed by atoms with Crippen LogP contribution in [0.5, 0.6) is 0 Å². The number of amides is 3. The van der Waals surface area contributed by atoms with E-state index in [1.807, 2.05) is 30.5 Å². The van der Waals surface area contributed by atoms with E-state index in [-0.39, 0.29) is 6.61 Å². The van der Waals surface area contributed by atoms with Crippen LogP contribution in [0.1, 0.15) is 28.4 Å². The lowest BCUT2D eigenvalue weighted by Crippen LogP contribution is -2.53. The highest BCUT2D eigenvalue weighted by atomic mass is 35.5. The minimum atomic E-state index is -1.48. The van der Waals surface area contributed by atoms with Crippen LogP contribution in [0.2, 0.25) is 5.02 Å². The Bertz CT molecular complexity index is 1770. The number of nitrogens with zero attached hydrogens (tertiary/aromatic N) is 1. The SMILES string of the molecule is CCOC(=O)c1ccc(N2C(=O)C3C(Cc4c[nH]c5ccccc45)NC4(C(=O)Nc5c(Cl)cccc54)C3C2=O)cc1. The first kappa shape index (κ1) is 25.5. The second-order valence-corrected chi connectivity index (χ2v) is 10.9. The Morgan fingerprint density at radius 3 is 2.56 bits per heavy atom. The van der Waals surface area contributed by atoms with E-state index in [4.69, 9.17) is 16.3 Å². The summed E-state index contributed by atoms with van der Waals surface area (Å²) in [7, 11) is 0. The topological polar surface area (TPSA) is 121 Å². The van der Waals surface area contributed by atoms with Gasteiger partial charge in [-0.3, -0.25) is 19.7 Å². The normalized spacial score (nSPS) is 24.7.